The molecule has 0 heterocycles. The van der Waals surface area contributed by atoms with Crippen LogP contribution in [0.15, 0.2) is 23.1 Å². The normalized spacial score (nSPS) is 11.9. The van der Waals surface area contributed by atoms with Gasteiger partial charge < -0.3 is 9.84 Å². The number of nitro benzene ring substituents is 1. The van der Waals surface area contributed by atoms with Crippen molar-refractivity contribution in [3.05, 3.63) is 28.3 Å². The largest absolute Gasteiger partial charge is 0.497 e. The summed E-state index contributed by atoms with van der Waals surface area (Å²) in [7, 11) is 1.43. The van der Waals surface area contributed by atoms with Crippen LogP contribution in [0.4, 0.5) is 5.69 Å². The molecule has 7 heteroatoms. The van der Waals surface area contributed by atoms with Crippen molar-refractivity contribution in [3.63, 3.8) is 0 Å². The van der Waals surface area contributed by atoms with Gasteiger partial charge in [-0.1, -0.05) is 6.92 Å². The Labute approximate surface area is 108 Å². The van der Waals surface area contributed by atoms with Gasteiger partial charge in [0.15, 0.2) is 0 Å². The molecule has 0 bridgehead atoms. The highest BCUT2D eigenvalue weighted by Gasteiger charge is 2.19. The molecule has 6 nitrogen and oxygen atoms in total. The molecule has 0 saturated carbocycles. The van der Waals surface area contributed by atoms with Gasteiger partial charge in [0.1, 0.15) is 5.75 Å². The smallest absolute Gasteiger partial charge is 0.304 e. The second kappa shape index (κ2) is 6.25. The zero-order valence-electron chi connectivity index (χ0n) is 9.95. The molecule has 0 radical (unpaired) electrons. The van der Waals surface area contributed by atoms with Gasteiger partial charge in [-0.25, -0.2) is 0 Å². The summed E-state index contributed by atoms with van der Waals surface area (Å²) in [6.07, 6.45) is -0.0478. The molecule has 0 aliphatic heterocycles. The Morgan fingerprint density at radius 2 is 2.28 bits per heavy atom. The molecule has 1 N–H and O–H groups in total. The SMILES string of the molecule is COc1ccc(SC(C)CC(=O)O)c([N+](=O)[O-])c1. The Morgan fingerprint density at radius 3 is 2.78 bits per heavy atom. The van der Waals surface area contributed by atoms with Gasteiger partial charge in [-0.2, -0.15) is 0 Å². The van der Waals surface area contributed by atoms with E-state index in [1.807, 2.05) is 0 Å². The van der Waals surface area contributed by atoms with E-state index in [2.05, 4.69) is 0 Å². The maximum atomic E-state index is 10.9. The van der Waals surface area contributed by atoms with Crippen molar-refractivity contribution in [2.24, 2.45) is 0 Å². The summed E-state index contributed by atoms with van der Waals surface area (Å²) in [6, 6.07) is 4.51. The second-order valence-corrected chi connectivity index (χ2v) is 5.10. The number of hydrogen-bond acceptors (Lipinski definition) is 5. The van der Waals surface area contributed by atoms with Crippen LogP contribution in [0.25, 0.3) is 0 Å². The van der Waals surface area contributed by atoms with E-state index < -0.39 is 10.9 Å². The zero-order valence-corrected chi connectivity index (χ0v) is 10.8. The number of ether oxygens (including phenoxy) is 1. The molecule has 0 saturated heterocycles. The fraction of sp³-hybridized carbons (Fsp3) is 0.364. The van der Waals surface area contributed by atoms with E-state index in [9.17, 15) is 14.9 Å². The average molecular weight is 271 g/mol. The van der Waals surface area contributed by atoms with Gasteiger partial charge in [0, 0.05) is 5.25 Å². The van der Waals surface area contributed by atoms with Crippen molar-refractivity contribution < 1.29 is 19.6 Å². The summed E-state index contributed by atoms with van der Waals surface area (Å²) in [5.74, 6) is -0.525. The fourth-order valence-corrected chi connectivity index (χ4v) is 2.43. The molecule has 0 aromatic heterocycles. The number of carboxylic acids is 1. The minimum Gasteiger partial charge on any atom is -0.497 e. The van der Waals surface area contributed by atoms with Gasteiger partial charge in [-0.3, -0.25) is 14.9 Å². The van der Waals surface area contributed by atoms with Gasteiger partial charge in [-0.15, -0.1) is 11.8 Å². The molecule has 0 amide bonds. The molecule has 98 valence electrons. The number of methoxy groups -OCH3 is 1. The lowest BCUT2D eigenvalue weighted by Crippen LogP contribution is -2.06. The molecule has 0 aliphatic carbocycles. The monoisotopic (exact) mass is 271 g/mol. The van der Waals surface area contributed by atoms with Crippen LogP contribution in [0.2, 0.25) is 0 Å². The maximum absolute atomic E-state index is 10.9. The van der Waals surface area contributed by atoms with Crippen LogP contribution in [-0.4, -0.2) is 28.4 Å². The molecule has 0 fully saturated rings. The first-order valence-electron chi connectivity index (χ1n) is 5.15. The summed E-state index contributed by atoms with van der Waals surface area (Å²) >= 11 is 1.17. The molecule has 0 aliphatic rings. The van der Waals surface area contributed by atoms with Gasteiger partial charge in [0.05, 0.1) is 29.4 Å². The lowest BCUT2D eigenvalue weighted by molar-refractivity contribution is -0.387. The third-order valence-electron chi connectivity index (χ3n) is 2.15. The number of hydrogen-bond donors (Lipinski definition) is 1. The third-order valence-corrected chi connectivity index (χ3v) is 3.32. The van der Waals surface area contributed by atoms with Crippen LogP contribution in [-0.2, 0) is 4.79 Å². The molecule has 1 unspecified atom stereocenters. The molecular weight excluding hydrogens is 258 g/mol. The number of rotatable bonds is 6. The van der Waals surface area contributed by atoms with Crippen LogP contribution in [0.5, 0.6) is 5.75 Å². The number of nitrogens with zero attached hydrogens (tertiary/aromatic N) is 1. The Hall–Kier alpha value is -1.76. The predicted octanol–water partition coefficient (Wildman–Crippen LogP) is 2.56. The quantitative estimate of drug-likeness (QED) is 0.486. The van der Waals surface area contributed by atoms with Crippen LogP contribution in [0, 0.1) is 10.1 Å². The number of benzene rings is 1. The summed E-state index contributed by atoms with van der Waals surface area (Å²) in [5.41, 5.74) is -0.0726. The molecule has 1 aromatic carbocycles. The van der Waals surface area contributed by atoms with Crippen LogP contribution < -0.4 is 4.74 Å². The average Bonchev–Trinajstić information content (AvgIpc) is 2.28. The van der Waals surface area contributed by atoms with E-state index in [0.29, 0.717) is 10.6 Å². The van der Waals surface area contributed by atoms with E-state index in [4.69, 9.17) is 9.84 Å². The predicted molar refractivity (Wildman–Crippen MR) is 67.2 cm³/mol. The first-order valence-corrected chi connectivity index (χ1v) is 6.03. The van der Waals surface area contributed by atoms with Crippen molar-refractivity contribution in [1.29, 1.82) is 0 Å². The molecule has 0 spiro atoms. The lowest BCUT2D eigenvalue weighted by Gasteiger charge is -2.09. The lowest BCUT2D eigenvalue weighted by atomic mass is 10.3. The maximum Gasteiger partial charge on any atom is 0.304 e. The summed E-state index contributed by atoms with van der Waals surface area (Å²) in [4.78, 5) is 21.4. The standard InChI is InChI=1S/C11H13NO5S/c1-7(5-11(13)14)18-10-4-3-8(17-2)6-9(10)12(15)16/h3-4,6-7H,5H2,1-2H3,(H,13,14). The van der Waals surface area contributed by atoms with Crippen molar-refractivity contribution in [2.75, 3.05) is 7.11 Å². The van der Waals surface area contributed by atoms with E-state index in [-0.39, 0.29) is 17.4 Å². The number of thioether (sulfide) groups is 1. The minimum absolute atomic E-state index is 0.0478. The molecule has 1 atom stereocenters. The number of nitro groups is 1. The van der Waals surface area contributed by atoms with Crippen molar-refractivity contribution in [2.45, 2.75) is 23.5 Å². The van der Waals surface area contributed by atoms with Crippen molar-refractivity contribution >= 4 is 23.4 Å². The second-order valence-electron chi connectivity index (χ2n) is 3.62. The number of aliphatic carboxylic acids is 1. The van der Waals surface area contributed by atoms with Gasteiger partial charge in [0.25, 0.3) is 5.69 Å². The van der Waals surface area contributed by atoms with E-state index in [1.165, 1.54) is 24.9 Å². The highest BCUT2D eigenvalue weighted by atomic mass is 32.2. The van der Waals surface area contributed by atoms with Gasteiger partial charge in [0.2, 0.25) is 0 Å². The van der Waals surface area contributed by atoms with E-state index in [0.717, 1.165) is 0 Å². The highest BCUT2D eigenvalue weighted by molar-refractivity contribution is 8.00. The van der Waals surface area contributed by atoms with Crippen LogP contribution in [0.3, 0.4) is 0 Å². The van der Waals surface area contributed by atoms with Gasteiger partial charge in [-0.05, 0) is 12.1 Å². The first kappa shape index (κ1) is 14.3. The number of carbonyl (C=O) groups is 1. The third kappa shape index (κ3) is 3.92. The Balaban J connectivity index is 2.94. The molecular formula is C11H13NO5S. The Bertz CT molecular complexity index is 463. The Morgan fingerprint density at radius 1 is 1.61 bits per heavy atom. The zero-order chi connectivity index (χ0) is 13.7. The van der Waals surface area contributed by atoms with Crippen LogP contribution >= 0.6 is 11.8 Å². The number of carboxylic acid groups (broad SMARTS) is 1. The summed E-state index contributed by atoms with van der Waals surface area (Å²) < 4.78 is 4.92. The summed E-state index contributed by atoms with van der Waals surface area (Å²) in [5, 5.41) is 19.3. The van der Waals surface area contributed by atoms with E-state index in [1.54, 1.807) is 19.1 Å². The summed E-state index contributed by atoms with van der Waals surface area (Å²) in [6.45, 7) is 1.72. The minimum atomic E-state index is -0.925. The van der Waals surface area contributed by atoms with Crippen molar-refractivity contribution in [1.82, 2.24) is 0 Å². The molecule has 1 rings (SSSR count). The van der Waals surface area contributed by atoms with Crippen LogP contribution in [0.1, 0.15) is 13.3 Å². The van der Waals surface area contributed by atoms with Crippen molar-refractivity contribution in [3.8, 4) is 5.75 Å². The van der Waals surface area contributed by atoms with E-state index >= 15 is 0 Å². The highest BCUT2D eigenvalue weighted by Crippen LogP contribution is 2.35. The topological polar surface area (TPSA) is 89.7 Å². The molecule has 18 heavy (non-hydrogen) atoms. The van der Waals surface area contributed by atoms with Gasteiger partial charge >= 0.3 is 5.97 Å². The fourth-order valence-electron chi connectivity index (χ4n) is 1.37. The molecule has 1 aromatic rings. The Kier molecular flexibility index (Phi) is 4.96. The first-order chi connectivity index (χ1) is 8.43.